The van der Waals surface area contributed by atoms with Crippen molar-refractivity contribution in [3.63, 3.8) is 0 Å². The lowest BCUT2D eigenvalue weighted by Gasteiger charge is -2.26. The predicted octanol–water partition coefficient (Wildman–Crippen LogP) is 3.00. The topological polar surface area (TPSA) is 17.1 Å². The van der Waals surface area contributed by atoms with Gasteiger partial charge in [0.1, 0.15) is 5.69 Å². The van der Waals surface area contributed by atoms with Gasteiger partial charge in [-0.25, -0.2) is 9.28 Å². The third-order valence-corrected chi connectivity index (χ3v) is 2.65. The van der Waals surface area contributed by atoms with Gasteiger partial charge in [0, 0.05) is 17.7 Å². The van der Waals surface area contributed by atoms with Crippen molar-refractivity contribution in [1.29, 1.82) is 0 Å². The molecule has 0 atom stereocenters. The van der Waals surface area contributed by atoms with Crippen molar-refractivity contribution in [2.24, 2.45) is 0 Å². The molecule has 0 saturated heterocycles. The Balaban J connectivity index is 3.11. The number of quaternary nitrogens is 1. The first-order valence-corrected chi connectivity index (χ1v) is 5.17. The molecule has 0 radical (unpaired) electrons. The van der Waals surface area contributed by atoms with Crippen molar-refractivity contribution in [2.45, 2.75) is 6.92 Å². The van der Waals surface area contributed by atoms with Crippen molar-refractivity contribution in [3.8, 4) is 0 Å². The number of hydrogen-bond acceptors (Lipinski definition) is 1. The lowest BCUT2D eigenvalue weighted by molar-refractivity contribution is -0.124. The van der Waals surface area contributed by atoms with Crippen LogP contribution in [-0.2, 0) is 4.79 Å². The number of hydrogen-bond donors (Lipinski definition) is 0. The second-order valence-corrected chi connectivity index (χ2v) is 4.33. The SMILES string of the molecule is C=Cc1ccc([N+](C)(C)C(=O)C(=C)C)cc1. The molecule has 0 heterocycles. The molecule has 0 aliphatic heterocycles. The van der Waals surface area contributed by atoms with E-state index in [9.17, 15) is 4.79 Å². The molecule has 2 heteroatoms. The Labute approximate surface area is 97.1 Å². The third kappa shape index (κ3) is 2.28. The Morgan fingerprint density at radius 3 is 2.12 bits per heavy atom. The van der Waals surface area contributed by atoms with Crippen molar-refractivity contribution in [1.82, 2.24) is 4.48 Å². The minimum Gasteiger partial charge on any atom is -0.229 e. The summed E-state index contributed by atoms with van der Waals surface area (Å²) >= 11 is 0. The zero-order valence-electron chi connectivity index (χ0n) is 10.2. The first-order chi connectivity index (χ1) is 7.39. The van der Waals surface area contributed by atoms with Crippen LogP contribution >= 0.6 is 0 Å². The lowest BCUT2D eigenvalue weighted by Crippen LogP contribution is -2.46. The first kappa shape index (κ1) is 12.4. The molecule has 0 saturated carbocycles. The summed E-state index contributed by atoms with van der Waals surface area (Å²) in [5.74, 6) is 0.0198. The van der Waals surface area contributed by atoms with Crippen LogP contribution in [0.1, 0.15) is 12.5 Å². The summed E-state index contributed by atoms with van der Waals surface area (Å²) in [5, 5.41) is 0. The smallest absolute Gasteiger partial charge is 0.229 e. The van der Waals surface area contributed by atoms with Gasteiger partial charge in [-0.1, -0.05) is 19.2 Å². The highest BCUT2D eigenvalue weighted by Crippen LogP contribution is 2.21. The Bertz CT molecular complexity index is 427. The van der Waals surface area contributed by atoms with Crippen LogP contribution in [0.2, 0.25) is 0 Å². The average Bonchev–Trinajstić information content (AvgIpc) is 2.28. The fourth-order valence-electron chi connectivity index (χ4n) is 1.58. The molecule has 0 aliphatic rings. The molecule has 0 unspecified atom stereocenters. The Hall–Kier alpha value is -1.67. The van der Waals surface area contributed by atoms with E-state index in [1.807, 2.05) is 38.4 Å². The van der Waals surface area contributed by atoms with Crippen molar-refractivity contribution >= 4 is 17.7 Å². The van der Waals surface area contributed by atoms with E-state index in [2.05, 4.69) is 13.2 Å². The first-order valence-electron chi connectivity index (χ1n) is 5.17. The summed E-state index contributed by atoms with van der Waals surface area (Å²) < 4.78 is 0.187. The van der Waals surface area contributed by atoms with Crippen LogP contribution in [0.3, 0.4) is 0 Å². The van der Waals surface area contributed by atoms with E-state index < -0.39 is 0 Å². The lowest BCUT2D eigenvalue weighted by atomic mass is 10.1. The predicted molar refractivity (Wildman–Crippen MR) is 70.0 cm³/mol. The average molecular weight is 216 g/mol. The van der Waals surface area contributed by atoms with Gasteiger partial charge in [0.15, 0.2) is 0 Å². The normalized spacial score (nSPS) is 10.9. The molecule has 0 spiro atoms. The number of rotatable bonds is 3. The number of likely N-dealkylation sites (N-methyl/N-ethyl adjacent to an activating group) is 1. The summed E-state index contributed by atoms with van der Waals surface area (Å²) in [7, 11) is 3.72. The number of nitrogens with zero attached hydrogens (tertiary/aromatic N) is 1. The van der Waals surface area contributed by atoms with Crippen molar-refractivity contribution in [3.05, 3.63) is 48.6 Å². The fourth-order valence-corrected chi connectivity index (χ4v) is 1.58. The van der Waals surface area contributed by atoms with Crippen LogP contribution in [0.5, 0.6) is 0 Å². The monoisotopic (exact) mass is 216 g/mol. The van der Waals surface area contributed by atoms with Crippen LogP contribution in [-0.4, -0.2) is 20.0 Å². The minimum absolute atomic E-state index is 0.0198. The minimum atomic E-state index is 0.0198. The second kappa shape index (κ2) is 4.45. The maximum atomic E-state index is 12.0. The van der Waals surface area contributed by atoms with Gasteiger partial charge in [0.25, 0.3) is 0 Å². The maximum Gasteiger partial charge on any atom is 0.345 e. The summed E-state index contributed by atoms with van der Waals surface area (Å²) in [6, 6.07) is 7.79. The molecule has 0 N–H and O–H groups in total. The molecule has 1 rings (SSSR count). The molecular weight excluding hydrogens is 198 g/mol. The Morgan fingerprint density at radius 2 is 1.75 bits per heavy atom. The van der Waals surface area contributed by atoms with E-state index in [0.29, 0.717) is 5.57 Å². The molecule has 1 aromatic carbocycles. The van der Waals surface area contributed by atoms with E-state index in [-0.39, 0.29) is 10.4 Å². The third-order valence-electron chi connectivity index (χ3n) is 2.65. The van der Waals surface area contributed by atoms with Crippen LogP contribution < -0.4 is 4.48 Å². The van der Waals surface area contributed by atoms with Crippen LogP contribution in [0.15, 0.2) is 43.0 Å². The molecular formula is C14H18NO+. The molecule has 0 bridgehead atoms. The number of carbonyl (C=O) groups excluding carboxylic acids is 1. The molecule has 1 amide bonds. The van der Waals surface area contributed by atoms with Crippen LogP contribution in [0.4, 0.5) is 5.69 Å². The van der Waals surface area contributed by atoms with Gasteiger partial charge in [-0.15, -0.1) is 0 Å². The second-order valence-electron chi connectivity index (χ2n) is 4.33. The standard InChI is InChI=1S/C14H18NO/c1-6-12-7-9-13(10-8-12)15(4,5)14(16)11(2)3/h6-10H,1-2H2,3-5H3/q+1. The molecule has 0 aliphatic carbocycles. The van der Waals surface area contributed by atoms with Crippen molar-refractivity contribution in [2.75, 3.05) is 14.1 Å². The molecule has 0 aromatic heterocycles. The summed E-state index contributed by atoms with van der Waals surface area (Å²) in [5.41, 5.74) is 2.56. The van der Waals surface area contributed by atoms with Gasteiger partial charge < -0.3 is 0 Å². The van der Waals surface area contributed by atoms with Crippen molar-refractivity contribution < 1.29 is 4.79 Å². The van der Waals surface area contributed by atoms with E-state index in [1.54, 1.807) is 13.0 Å². The van der Waals surface area contributed by atoms with E-state index in [1.165, 1.54) is 0 Å². The molecule has 1 aromatic rings. The van der Waals surface area contributed by atoms with Gasteiger partial charge in [0.2, 0.25) is 0 Å². The Morgan fingerprint density at radius 1 is 1.25 bits per heavy atom. The zero-order chi connectivity index (χ0) is 12.3. The van der Waals surface area contributed by atoms with Crippen LogP contribution in [0.25, 0.3) is 6.08 Å². The highest BCUT2D eigenvalue weighted by Gasteiger charge is 2.29. The van der Waals surface area contributed by atoms with Gasteiger partial charge in [0.05, 0.1) is 14.1 Å². The van der Waals surface area contributed by atoms with Gasteiger partial charge >= 0.3 is 5.91 Å². The summed E-state index contributed by atoms with van der Waals surface area (Å²) in [6.07, 6.45) is 1.78. The Kier molecular flexibility index (Phi) is 3.45. The maximum absolute atomic E-state index is 12.0. The largest absolute Gasteiger partial charge is 0.345 e. The number of amides is 1. The van der Waals surface area contributed by atoms with Gasteiger partial charge in [-0.3, -0.25) is 0 Å². The highest BCUT2D eigenvalue weighted by molar-refractivity contribution is 6.00. The zero-order valence-corrected chi connectivity index (χ0v) is 10.2. The van der Waals surface area contributed by atoms with Gasteiger partial charge in [-0.05, 0) is 24.6 Å². The molecule has 2 nitrogen and oxygen atoms in total. The molecule has 0 fully saturated rings. The molecule has 16 heavy (non-hydrogen) atoms. The number of carbonyl (C=O) groups is 1. The van der Waals surface area contributed by atoms with E-state index in [0.717, 1.165) is 11.3 Å². The number of benzene rings is 1. The van der Waals surface area contributed by atoms with Crippen LogP contribution in [0, 0.1) is 0 Å². The van der Waals surface area contributed by atoms with E-state index >= 15 is 0 Å². The van der Waals surface area contributed by atoms with E-state index in [4.69, 9.17) is 0 Å². The van der Waals surface area contributed by atoms with Gasteiger partial charge in [-0.2, -0.15) is 0 Å². The highest BCUT2D eigenvalue weighted by atomic mass is 16.2. The summed E-state index contributed by atoms with van der Waals surface area (Å²) in [4.78, 5) is 12.0. The quantitative estimate of drug-likeness (QED) is 0.560. The summed E-state index contributed by atoms with van der Waals surface area (Å²) in [6.45, 7) is 9.14. The molecule has 84 valence electrons. The fraction of sp³-hybridized carbons (Fsp3) is 0.214.